The molecule has 3 heteroatoms. The van der Waals surface area contributed by atoms with Gasteiger partial charge in [0, 0.05) is 17.1 Å². The quantitative estimate of drug-likeness (QED) is 0.883. The minimum Gasteiger partial charge on any atom is -0.303 e. The first-order valence-corrected chi connectivity index (χ1v) is 7.80. The van der Waals surface area contributed by atoms with Gasteiger partial charge in [0.1, 0.15) is 5.01 Å². The van der Waals surface area contributed by atoms with Crippen molar-refractivity contribution in [2.24, 2.45) is 5.92 Å². The lowest BCUT2D eigenvalue weighted by molar-refractivity contribution is 0.320. The van der Waals surface area contributed by atoms with Gasteiger partial charge in [-0.05, 0) is 44.9 Å². The standard InChI is InChI=1S/C14H22N2S/c1-3-11-6-7-14(8-11,16-12-4-5-12)13-15-10(2)9-17-13/h9,11-12,16H,3-8H2,1-2H3. The van der Waals surface area contributed by atoms with E-state index in [0.717, 1.165) is 12.0 Å². The molecule has 0 bridgehead atoms. The lowest BCUT2D eigenvalue weighted by atomic mass is 9.95. The fourth-order valence-corrected chi connectivity index (χ4v) is 4.08. The second-order valence-corrected chi connectivity index (χ2v) is 6.67. The van der Waals surface area contributed by atoms with Crippen LogP contribution in [0.4, 0.5) is 0 Å². The molecule has 1 N–H and O–H groups in total. The molecular formula is C14H22N2S. The van der Waals surface area contributed by atoms with Crippen molar-refractivity contribution in [3.05, 3.63) is 16.1 Å². The van der Waals surface area contributed by atoms with E-state index in [4.69, 9.17) is 4.98 Å². The molecule has 2 unspecified atom stereocenters. The van der Waals surface area contributed by atoms with E-state index >= 15 is 0 Å². The summed E-state index contributed by atoms with van der Waals surface area (Å²) in [6.07, 6.45) is 8.00. The van der Waals surface area contributed by atoms with Crippen molar-refractivity contribution in [2.75, 3.05) is 0 Å². The number of rotatable bonds is 4. The Bertz CT molecular complexity index is 397. The Kier molecular flexibility index (Phi) is 2.99. The third kappa shape index (κ3) is 2.27. The summed E-state index contributed by atoms with van der Waals surface area (Å²) in [6, 6.07) is 0.773. The number of nitrogens with one attached hydrogen (secondary N) is 1. The highest BCUT2D eigenvalue weighted by Crippen LogP contribution is 2.46. The molecule has 0 amide bonds. The second kappa shape index (κ2) is 4.36. The largest absolute Gasteiger partial charge is 0.303 e. The molecule has 3 rings (SSSR count). The Morgan fingerprint density at radius 3 is 2.82 bits per heavy atom. The average molecular weight is 250 g/mol. The van der Waals surface area contributed by atoms with E-state index in [1.807, 2.05) is 11.3 Å². The molecule has 0 aromatic carbocycles. The van der Waals surface area contributed by atoms with E-state index in [-0.39, 0.29) is 5.54 Å². The zero-order valence-electron chi connectivity index (χ0n) is 10.8. The lowest BCUT2D eigenvalue weighted by Crippen LogP contribution is -2.41. The van der Waals surface area contributed by atoms with Gasteiger partial charge in [0.05, 0.1) is 5.54 Å². The molecule has 0 radical (unpaired) electrons. The Labute approximate surface area is 108 Å². The number of hydrogen-bond acceptors (Lipinski definition) is 3. The minimum atomic E-state index is 0.223. The molecule has 2 saturated carbocycles. The highest BCUT2D eigenvalue weighted by Gasteiger charge is 2.44. The highest BCUT2D eigenvalue weighted by molar-refractivity contribution is 7.09. The molecular weight excluding hydrogens is 228 g/mol. The number of thiazole rings is 1. The van der Waals surface area contributed by atoms with Gasteiger partial charge in [-0.25, -0.2) is 4.98 Å². The molecule has 1 aromatic rings. The molecule has 1 heterocycles. The maximum Gasteiger partial charge on any atom is 0.113 e. The van der Waals surface area contributed by atoms with Crippen LogP contribution in [0, 0.1) is 12.8 Å². The van der Waals surface area contributed by atoms with E-state index in [0.29, 0.717) is 0 Å². The van der Waals surface area contributed by atoms with Gasteiger partial charge in [-0.15, -0.1) is 11.3 Å². The molecule has 0 aliphatic heterocycles. The summed E-state index contributed by atoms with van der Waals surface area (Å²) in [7, 11) is 0. The van der Waals surface area contributed by atoms with Gasteiger partial charge in [0.2, 0.25) is 0 Å². The smallest absolute Gasteiger partial charge is 0.113 e. The average Bonchev–Trinajstić information content (AvgIpc) is 2.85. The molecule has 2 nitrogen and oxygen atoms in total. The summed E-state index contributed by atoms with van der Waals surface area (Å²) >= 11 is 1.85. The Morgan fingerprint density at radius 1 is 1.47 bits per heavy atom. The van der Waals surface area contributed by atoms with E-state index in [2.05, 4.69) is 24.5 Å². The van der Waals surface area contributed by atoms with Crippen molar-refractivity contribution >= 4 is 11.3 Å². The van der Waals surface area contributed by atoms with E-state index < -0.39 is 0 Å². The van der Waals surface area contributed by atoms with E-state index in [1.165, 1.54) is 49.2 Å². The van der Waals surface area contributed by atoms with Crippen LogP contribution in [0.15, 0.2) is 5.38 Å². The van der Waals surface area contributed by atoms with Gasteiger partial charge in [-0.1, -0.05) is 13.3 Å². The van der Waals surface area contributed by atoms with Crippen molar-refractivity contribution in [1.29, 1.82) is 0 Å². The van der Waals surface area contributed by atoms with Crippen LogP contribution in [-0.2, 0) is 5.54 Å². The van der Waals surface area contributed by atoms with Crippen molar-refractivity contribution in [3.8, 4) is 0 Å². The summed E-state index contributed by atoms with van der Waals surface area (Å²) in [4.78, 5) is 4.77. The summed E-state index contributed by atoms with van der Waals surface area (Å²) in [5, 5.41) is 7.45. The van der Waals surface area contributed by atoms with Crippen LogP contribution in [0.5, 0.6) is 0 Å². The molecule has 94 valence electrons. The fraction of sp³-hybridized carbons (Fsp3) is 0.786. The number of aromatic nitrogens is 1. The molecule has 0 spiro atoms. The fourth-order valence-electron chi connectivity index (χ4n) is 3.08. The third-order valence-corrected chi connectivity index (χ3v) is 5.44. The molecule has 2 aliphatic carbocycles. The van der Waals surface area contributed by atoms with Crippen LogP contribution in [0.3, 0.4) is 0 Å². The zero-order chi connectivity index (χ0) is 11.9. The van der Waals surface area contributed by atoms with Crippen molar-refractivity contribution < 1.29 is 0 Å². The first kappa shape index (κ1) is 11.7. The van der Waals surface area contributed by atoms with Gasteiger partial charge >= 0.3 is 0 Å². The van der Waals surface area contributed by atoms with Crippen LogP contribution >= 0.6 is 11.3 Å². The van der Waals surface area contributed by atoms with Crippen LogP contribution in [0.1, 0.15) is 56.2 Å². The topological polar surface area (TPSA) is 24.9 Å². The van der Waals surface area contributed by atoms with Crippen molar-refractivity contribution in [3.63, 3.8) is 0 Å². The van der Waals surface area contributed by atoms with E-state index in [9.17, 15) is 0 Å². The SMILES string of the molecule is CCC1CCC(NC2CC2)(c2nc(C)cs2)C1. The number of aryl methyl sites for hydroxylation is 1. The Morgan fingerprint density at radius 2 is 2.29 bits per heavy atom. The summed E-state index contributed by atoms with van der Waals surface area (Å²) < 4.78 is 0. The predicted octanol–water partition coefficient (Wildman–Crippen LogP) is 3.61. The minimum absolute atomic E-state index is 0.223. The lowest BCUT2D eigenvalue weighted by Gasteiger charge is -2.29. The van der Waals surface area contributed by atoms with Gasteiger partial charge in [-0.2, -0.15) is 0 Å². The highest BCUT2D eigenvalue weighted by atomic mass is 32.1. The van der Waals surface area contributed by atoms with Gasteiger partial charge in [0.25, 0.3) is 0 Å². The molecule has 0 saturated heterocycles. The van der Waals surface area contributed by atoms with Crippen LogP contribution in [0.2, 0.25) is 0 Å². The van der Waals surface area contributed by atoms with Crippen molar-refractivity contribution in [2.45, 2.75) is 64.0 Å². The number of nitrogens with zero attached hydrogens (tertiary/aromatic N) is 1. The molecule has 2 atom stereocenters. The maximum absolute atomic E-state index is 4.77. The summed E-state index contributed by atoms with van der Waals surface area (Å²) in [6.45, 7) is 4.43. The normalized spacial score (nSPS) is 33.2. The maximum atomic E-state index is 4.77. The molecule has 2 fully saturated rings. The predicted molar refractivity (Wildman–Crippen MR) is 72.3 cm³/mol. The molecule has 1 aromatic heterocycles. The Balaban J connectivity index is 1.85. The van der Waals surface area contributed by atoms with E-state index in [1.54, 1.807) is 0 Å². The monoisotopic (exact) mass is 250 g/mol. The molecule has 17 heavy (non-hydrogen) atoms. The first-order chi connectivity index (χ1) is 8.22. The zero-order valence-corrected chi connectivity index (χ0v) is 11.6. The van der Waals surface area contributed by atoms with Crippen molar-refractivity contribution in [1.82, 2.24) is 10.3 Å². The first-order valence-electron chi connectivity index (χ1n) is 6.92. The van der Waals surface area contributed by atoms with Crippen LogP contribution < -0.4 is 5.32 Å². The summed E-state index contributed by atoms with van der Waals surface area (Å²) in [5.41, 5.74) is 1.41. The van der Waals surface area contributed by atoms with Gasteiger partial charge in [0.15, 0.2) is 0 Å². The number of hydrogen-bond donors (Lipinski definition) is 1. The second-order valence-electron chi connectivity index (χ2n) is 5.81. The van der Waals surface area contributed by atoms with Gasteiger partial charge < -0.3 is 5.32 Å². The molecule has 2 aliphatic rings. The van der Waals surface area contributed by atoms with Crippen LogP contribution in [-0.4, -0.2) is 11.0 Å². The van der Waals surface area contributed by atoms with Crippen LogP contribution in [0.25, 0.3) is 0 Å². The van der Waals surface area contributed by atoms with Gasteiger partial charge in [-0.3, -0.25) is 0 Å². The summed E-state index contributed by atoms with van der Waals surface area (Å²) in [5.74, 6) is 0.894. The Hall–Kier alpha value is -0.410. The third-order valence-electron chi connectivity index (χ3n) is 4.28.